The molecule has 2 aromatic heterocycles. The van der Waals surface area contributed by atoms with Gasteiger partial charge in [0, 0.05) is 17.3 Å². The van der Waals surface area contributed by atoms with Gasteiger partial charge < -0.3 is 20.1 Å². The van der Waals surface area contributed by atoms with E-state index in [4.69, 9.17) is 4.74 Å². The van der Waals surface area contributed by atoms with Crippen molar-refractivity contribution in [1.29, 1.82) is 0 Å². The highest BCUT2D eigenvalue weighted by Gasteiger charge is 2.23. The number of hydrogen-bond acceptors (Lipinski definition) is 5. The molecule has 0 aliphatic rings. The quantitative estimate of drug-likeness (QED) is 0.517. The number of aromatic amines is 1. The summed E-state index contributed by atoms with van der Waals surface area (Å²) in [5, 5.41) is 14.6. The van der Waals surface area contributed by atoms with Gasteiger partial charge in [-0.15, -0.1) is 11.3 Å². The molecule has 2 N–H and O–H groups in total. The lowest BCUT2D eigenvalue weighted by Crippen LogP contribution is -2.26. The van der Waals surface area contributed by atoms with Gasteiger partial charge in [0.2, 0.25) is 0 Å². The fraction of sp³-hybridized carbons (Fsp3) is 0.333. The standard InChI is InChI=1S/C15H19N3O3S/c1-15(2,3)11-7-10(12(22-11)13(19)21-4)18-14(20)17-9-5-6-16-8-9/h5-8,16H,1-4H3,(H2,17,18,20)/p-1. The number of aliphatic imine (C=N–C) groups is 1. The van der Waals surface area contributed by atoms with Gasteiger partial charge in [0.05, 0.1) is 24.5 Å². The van der Waals surface area contributed by atoms with E-state index in [1.165, 1.54) is 18.4 Å². The number of anilines is 1. The molecule has 0 radical (unpaired) electrons. The van der Waals surface area contributed by atoms with Gasteiger partial charge in [0.1, 0.15) is 4.88 Å². The number of amidine groups is 1. The molecular formula is C15H18N3O3S-. The zero-order valence-corrected chi connectivity index (χ0v) is 13.7. The van der Waals surface area contributed by atoms with E-state index in [0.29, 0.717) is 16.3 Å². The maximum absolute atomic E-state index is 12.0. The molecule has 22 heavy (non-hydrogen) atoms. The van der Waals surface area contributed by atoms with Crippen molar-refractivity contribution in [1.82, 2.24) is 4.98 Å². The lowest BCUT2D eigenvalue weighted by molar-refractivity contribution is -0.214. The number of H-pyrrole nitrogens is 1. The zero-order valence-electron chi connectivity index (χ0n) is 12.9. The van der Waals surface area contributed by atoms with Gasteiger partial charge in [-0.05, 0) is 17.5 Å². The molecule has 2 rings (SSSR count). The molecule has 0 aliphatic heterocycles. The van der Waals surface area contributed by atoms with E-state index in [9.17, 15) is 9.90 Å². The second kappa shape index (κ2) is 6.23. The molecule has 0 spiro atoms. The number of thiophene rings is 1. The van der Waals surface area contributed by atoms with Gasteiger partial charge >= 0.3 is 5.97 Å². The summed E-state index contributed by atoms with van der Waals surface area (Å²) in [5.74, 6) is -0.492. The van der Waals surface area contributed by atoms with E-state index in [0.717, 1.165) is 4.88 Å². The van der Waals surface area contributed by atoms with Gasteiger partial charge in [-0.3, -0.25) is 0 Å². The Morgan fingerprint density at radius 1 is 1.45 bits per heavy atom. The van der Waals surface area contributed by atoms with Gasteiger partial charge in [0.15, 0.2) is 0 Å². The summed E-state index contributed by atoms with van der Waals surface area (Å²) < 4.78 is 4.77. The first kappa shape index (κ1) is 16.1. The summed E-state index contributed by atoms with van der Waals surface area (Å²) in [5.41, 5.74) is 0.799. The molecule has 0 fully saturated rings. The first-order valence-corrected chi connectivity index (χ1v) is 7.51. The van der Waals surface area contributed by atoms with Crippen molar-refractivity contribution < 1.29 is 14.6 Å². The lowest BCUT2D eigenvalue weighted by atomic mass is 9.95. The molecule has 2 heterocycles. The molecule has 0 saturated heterocycles. The first-order chi connectivity index (χ1) is 10.3. The van der Waals surface area contributed by atoms with Crippen LogP contribution in [0, 0.1) is 0 Å². The highest BCUT2D eigenvalue weighted by Crippen LogP contribution is 2.37. The molecule has 0 aromatic carbocycles. The molecule has 0 aliphatic carbocycles. The van der Waals surface area contributed by atoms with Crippen LogP contribution in [-0.4, -0.2) is 24.1 Å². The molecule has 0 bridgehead atoms. The van der Waals surface area contributed by atoms with Crippen LogP contribution in [0.4, 0.5) is 11.4 Å². The van der Waals surface area contributed by atoms with Gasteiger partial charge in [-0.2, -0.15) is 0 Å². The third-order valence-corrected chi connectivity index (χ3v) is 4.42. The minimum atomic E-state index is -0.539. The highest BCUT2D eigenvalue weighted by atomic mass is 32.1. The molecular weight excluding hydrogens is 302 g/mol. The Balaban J connectivity index is 2.35. The van der Waals surface area contributed by atoms with Gasteiger partial charge in [-0.25, -0.2) is 9.79 Å². The number of methoxy groups -OCH3 is 1. The molecule has 6 nitrogen and oxygen atoms in total. The number of esters is 1. The predicted octanol–water partition coefficient (Wildman–Crippen LogP) is 2.62. The zero-order chi connectivity index (χ0) is 16.3. The number of hydrogen-bond donors (Lipinski definition) is 2. The summed E-state index contributed by atoms with van der Waals surface area (Å²) in [7, 11) is 1.31. The lowest BCUT2D eigenvalue weighted by Gasteiger charge is -2.15. The van der Waals surface area contributed by atoms with Crippen LogP contribution < -0.4 is 10.4 Å². The van der Waals surface area contributed by atoms with Crippen molar-refractivity contribution in [3.63, 3.8) is 0 Å². The number of nitrogens with one attached hydrogen (secondary N) is 2. The van der Waals surface area contributed by atoms with Crippen LogP contribution in [0.25, 0.3) is 0 Å². The number of nitrogens with zero attached hydrogens (tertiary/aromatic N) is 1. The van der Waals surface area contributed by atoms with Crippen molar-refractivity contribution in [3.8, 4) is 0 Å². The predicted molar refractivity (Wildman–Crippen MR) is 85.9 cm³/mol. The summed E-state index contributed by atoms with van der Waals surface area (Å²) >= 11 is 1.29. The SMILES string of the molecule is COC(=O)c1sc(C(C)(C)C)cc1N=C([O-])Nc1cc[nH]c1. The van der Waals surface area contributed by atoms with E-state index in [2.05, 4.69) is 15.3 Å². The molecule has 2 aromatic rings. The fourth-order valence-electron chi connectivity index (χ4n) is 1.74. The van der Waals surface area contributed by atoms with Crippen molar-refractivity contribution in [3.05, 3.63) is 34.3 Å². The van der Waals surface area contributed by atoms with Crippen LogP contribution in [0.15, 0.2) is 29.5 Å². The van der Waals surface area contributed by atoms with E-state index in [1.807, 2.05) is 20.8 Å². The summed E-state index contributed by atoms with van der Waals surface area (Å²) in [6.45, 7) is 6.09. The Morgan fingerprint density at radius 2 is 2.18 bits per heavy atom. The average molecular weight is 320 g/mol. The highest BCUT2D eigenvalue weighted by molar-refractivity contribution is 7.14. The number of ether oxygens (including phenoxy) is 1. The fourth-order valence-corrected chi connectivity index (χ4v) is 2.81. The Labute approximate surface area is 132 Å². The Bertz CT molecular complexity index is 681. The first-order valence-electron chi connectivity index (χ1n) is 6.69. The van der Waals surface area contributed by atoms with Gasteiger partial charge in [-0.1, -0.05) is 20.8 Å². The van der Waals surface area contributed by atoms with Crippen LogP contribution in [0.3, 0.4) is 0 Å². The van der Waals surface area contributed by atoms with Crippen LogP contribution in [0.5, 0.6) is 0 Å². The van der Waals surface area contributed by atoms with Crippen molar-refractivity contribution >= 4 is 34.7 Å². The van der Waals surface area contributed by atoms with E-state index < -0.39 is 12.0 Å². The number of carbonyl (C=O) groups is 1. The maximum Gasteiger partial charge on any atom is 0.350 e. The molecule has 118 valence electrons. The second-order valence-electron chi connectivity index (χ2n) is 5.71. The molecule has 0 saturated carbocycles. The Kier molecular flexibility index (Phi) is 4.56. The van der Waals surface area contributed by atoms with Crippen molar-refractivity contribution in [2.45, 2.75) is 26.2 Å². The largest absolute Gasteiger partial charge is 0.846 e. The molecule has 0 atom stereocenters. The topological polar surface area (TPSA) is 89.5 Å². The van der Waals surface area contributed by atoms with Crippen molar-refractivity contribution in [2.75, 3.05) is 12.4 Å². The van der Waals surface area contributed by atoms with Crippen LogP contribution in [-0.2, 0) is 10.2 Å². The number of carbonyl (C=O) groups excluding carboxylic acids is 1. The van der Waals surface area contributed by atoms with E-state index in [1.54, 1.807) is 24.5 Å². The summed E-state index contributed by atoms with van der Waals surface area (Å²) in [6, 6.07) is 2.93. The van der Waals surface area contributed by atoms with Crippen molar-refractivity contribution in [2.24, 2.45) is 4.99 Å². The molecule has 0 amide bonds. The average Bonchev–Trinajstić information content (AvgIpc) is 3.06. The minimum Gasteiger partial charge on any atom is -0.846 e. The third-order valence-electron chi connectivity index (χ3n) is 2.89. The normalized spacial score (nSPS) is 12.3. The van der Waals surface area contributed by atoms with Crippen LogP contribution in [0.1, 0.15) is 35.3 Å². The summed E-state index contributed by atoms with van der Waals surface area (Å²) in [6.07, 6.45) is 3.33. The second-order valence-corrected chi connectivity index (χ2v) is 6.76. The Morgan fingerprint density at radius 3 is 2.73 bits per heavy atom. The minimum absolute atomic E-state index is 0.141. The van der Waals surface area contributed by atoms with E-state index >= 15 is 0 Å². The Hall–Kier alpha value is -2.28. The molecule has 0 unspecified atom stereocenters. The maximum atomic E-state index is 12.0. The number of rotatable bonds is 3. The number of aromatic nitrogens is 1. The third kappa shape index (κ3) is 3.67. The van der Waals surface area contributed by atoms with E-state index in [-0.39, 0.29) is 5.41 Å². The smallest absolute Gasteiger partial charge is 0.350 e. The monoisotopic (exact) mass is 320 g/mol. The van der Waals surface area contributed by atoms with Crippen LogP contribution >= 0.6 is 11.3 Å². The summed E-state index contributed by atoms with van der Waals surface area (Å²) in [4.78, 5) is 20.0. The van der Waals surface area contributed by atoms with Crippen LogP contribution in [0.2, 0.25) is 0 Å². The molecule has 7 heteroatoms. The van der Waals surface area contributed by atoms with Gasteiger partial charge in [0.25, 0.3) is 0 Å².